The number of halogens is 1. The van der Waals surface area contributed by atoms with Gasteiger partial charge in [-0.25, -0.2) is 0 Å². The number of hydrogen-bond donors (Lipinski definition) is 1. The Kier molecular flexibility index (Phi) is 2.43. The van der Waals surface area contributed by atoms with E-state index in [2.05, 4.69) is 15.9 Å². The second kappa shape index (κ2) is 3.43. The molecule has 0 amide bonds. The number of benzene rings is 1. The molecule has 1 aliphatic carbocycles. The van der Waals surface area contributed by atoms with E-state index in [0.717, 1.165) is 35.7 Å². The largest absolute Gasteiger partial charge is 0.385 e. The fraction of sp³-hybridized carbons (Fsp3) is 0.455. The molecule has 1 aliphatic rings. The van der Waals surface area contributed by atoms with Crippen molar-refractivity contribution in [2.45, 2.75) is 31.3 Å². The zero-order valence-corrected chi connectivity index (χ0v) is 9.05. The van der Waals surface area contributed by atoms with Crippen LogP contribution < -0.4 is 0 Å². The van der Waals surface area contributed by atoms with Gasteiger partial charge in [0, 0.05) is 4.47 Å². The van der Waals surface area contributed by atoms with Gasteiger partial charge in [-0.05, 0) is 30.5 Å². The SMILES string of the molecule is OC1(c2cccc(Br)c2)CCCC1. The third-order valence-electron chi connectivity index (χ3n) is 2.79. The molecule has 0 aromatic heterocycles. The Morgan fingerprint density at radius 3 is 2.54 bits per heavy atom. The molecule has 0 bridgehead atoms. The van der Waals surface area contributed by atoms with Crippen molar-refractivity contribution in [3.8, 4) is 0 Å². The summed E-state index contributed by atoms with van der Waals surface area (Å²) in [4.78, 5) is 0. The minimum Gasteiger partial charge on any atom is -0.385 e. The summed E-state index contributed by atoms with van der Waals surface area (Å²) in [6, 6.07) is 8.00. The molecule has 1 saturated carbocycles. The average molecular weight is 241 g/mol. The molecule has 0 aliphatic heterocycles. The minimum atomic E-state index is -0.552. The molecular formula is C11H13BrO. The Bertz CT molecular complexity index is 303. The molecule has 0 radical (unpaired) electrons. The molecule has 1 fully saturated rings. The quantitative estimate of drug-likeness (QED) is 0.800. The maximum atomic E-state index is 10.3. The smallest absolute Gasteiger partial charge is 0.0897 e. The monoisotopic (exact) mass is 240 g/mol. The van der Waals surface area contributed by atoms with Crippen molar-refractivity contribution in [3.63, 3.8) is 0 Å². The highest BCUT2D eigenvalue weighted by Gasteiger charge is 2.32. The van der Waals surface area contributed by atoms with Gasteiger partial charge < -0.3 is 5.11 Å². The van der Waals surface area contributed by atoms with Crippen molar-refractivity contribution in [2.75, 3.05) is 0 Å². The molecular weight excluding hydrogens is 228 g/mol. The molecule has 0 saturated heterocycles. The van der Waals surface area contributed by atoms with E-state index in [-0.39, 0.29) is 0 Å². The molecule has 70 valence electrons. The van der Waals surface area contributed by atoms with Gasteiger partial charge in [-0.1, -0.05) is 40.9 Å². The lowest BCUT2D eigenvalue weighted by atomic mass is 9.92. The highest BCUT2D eigenvalue weighted by molar-refractivity contribution is 9.10. The Labute approximate surface area is 86.9 Å². The molecule has 0 unspecified atom stereocenters. The van der Waals surface area contributed by atoms with Gasteiger partial charge >= 0.3 is 0 Å². The van der Waals surface area contributed by atoms with Crippen LogP contribution in [0.25, 0.3) is 0 Å². The van der Waals surface area contributed by atoms with Crippen LogP contribution in [0.5, 0.6) is 0 Å². The summed E-state index contributed by atoms with van der Waals surface area (Å²) < 4.78 is 1.05. The lowest BCUT2D eigenvalue weighted by molar-refractivity contribution is 0.0444. The van der Waals surface area contributed by atoms with Crippen LogP contribution in [0.4, 0.5) is 0 Å². The van der Waals surface area contributed by atoms with E-state index in [4.69, 9.17) is 0 Å². The number of rotatable bonds is 1. The summed E-state index contributed by atoms with van der Waals surface area (Å²) in [6.07, 6.45) is 4.10. The van der Waals surface area contributed by atoms with Crippen LogP contribution in [0.1, 0.15) is 31.2 Å². The van der Waals surface area contributed by atoms with Gasteiger partial charge in [-0.2, -0.15) is 0 Å². The van der Waals surface area contributed by atoms with E-state index in [1.165, 1.54) is 0 Å². The van der Waals surface area contributed by atoms with Crippen LogP contribution in [-0.2, 0) is 5.60 Å². The third-order valence-corrected chi connectivity index (χ3v) is 3.29. The first-order valence-corrected chi connectivity index (χ1v) is 5.48. The highest BCUT2D eigenvalue weighted by Crippen LogP contribution is 2.38. The summed E-state index contributed by atoms with van der Waals surface area (Å²) in [5.74, 6) is 0. The van der Waals surface area contributed by atoms with Crippen LogP contribution in [-0.4, -0.2) is 5.11 Å². The summed E-state index contributed by atoms with van der Waals surface area (Å²) in [5.41, 5.74) is 0.503. The van der Waals surface area contributed by atoms with Gasteiger partial charge in [0.1, 0.15) is 0 Å². The van der Waals surface area contributed by atoms with Gasteiger partial charge in [0.2, 0.25) is 0 Å². The van der Waals surface area contributed by atoms with Crippen LogP contribution in [0, 0.1) is 0 Å². The molecule has 1 aromatic rings. The van der Waals surface area contributed by atoms with Crippen LogP contribution >= 0.6 is 15.9 Å². The van der Waals surface area contributed by atoms with E-state index in [1.54, 1.807) is 0 Å². The zero-order chi connectivity index (χ0) is 9.31. The first kappa shape index (κ1) is 9.22. The average Bonchev–Trinajstić information content (AvgIpc) is 2.54. The van der Waals surface area contributed by atoms with E-state index < -0.39 is 5.60 Å². The predicted octanol–water partition coefficient (Wildman–Crippen LogP) is 3.21. The van der Waals surface area contributed by atoms with Gasteiger partial charge in [0.05, 0.1) is 5.60 Å². The number of aliphatic hydroxyl groups is 1. The molecule has 0 atom stereocenters. The zero-order valence-electron chi connectivity index (χ0n) is 7.46. The Morgan fingerprint density at radius 2 is 1.92 bits per heavy atom. The summed E-state index contributed by atoms with van der Waals surface area (Å²) >= 11 is 3.42. The Balaban J connectivity index is 2.33. The first-order valence-electron chi connectivity index (χ1n) is 4.69. The maximum Gasteiger partial charge on any atom is 0.0897 e. The minimum absolute atomic E-state index is 0.552. The molecule has 1 nitrogen and oxygen atoms in total. The van der Waals surface area contributed by atoms with Crippen molar-refractivity contribution >= 4 is 15.9 Å². The van der Waals surface area contributed by atoms with E-state index >= 15 is 0 Å². The van der Waals surface area contributed by atoms with Crippen molar-refractivity contribution in [2.24, 2.45) is 0 Å². The van der Waals surface area contributed by atoms with E-state index in [9.17, 15) is 5.11 Å². The highest BCUT2D eigenvalue weighted by atomic mass is 79.9. The first-order chi connectivity index (χ1) is 6.21. The lowest BCUT2D eigenvalue weighted by Gasteiger charge is -2.22. The van der Waals surface area contributed by atoms with Crippen LogP contribution in [0.15, 0.2) is 28.7 Å². The lowest BCUT2D eigenvalue weighted by Crippen LogP contribution is -2.20. The molecule has 0 spiro atoms. The maximum absolute atomic E-state index is 10.3. The van der Waals surface area contributed by atoms with E-state index in [1.807, 2.05) is 24.3 Å². The fourth-order valence-corrected chi connectivity index (χ4v) is 2.43. The Morgan fingerprint density at radius 1 is 1.23 bits per heavy atom. The summed E-state index contributed by atoms with van der Waals surface area (Å²) in [7, 11) is 0. The molecule has 13 heavy (non-hydrogen) atoms. The van der Waals surface area contributed by atoms with Crippen molar-refractivity contribution in [1.82, 2.24) is 0 Å². The molecule has 1 N–H and O–H groups in total. The van der Waals surface area contributed by atoms with Crippen molar-refractivity contribution in [1.29, 1.82) is 0 Å². The standard InChI is InChI=1S/C11H13BrO/c12-10-5-3-4-9(8-10)11(13)6-1-2-7-11/h3-5,8,13H,1-2,6-7H2. The molecule has 2 heteroatoms. The topological polar surface area (TPSA) is 20.2 Å². The molecule has 2 rings (SSSR count). The Hall–Kier alpha value is -0.340. The second-order valence-electron chi connectivity index (χ2n) is 3.75. The summed E-state index contributed by atoms with van der Waals surface area (Å²) in [6.45, 7) is 0. The molecule has 1 aromatic carbocycles. The van der Waals surface area contributed by atoms with E-state index in [0.29, 0.717) is 0 Å². The molecule has 0 heterocycles. The van der Waals surface area contributed by atoms with Gasteiger partial charge in [-0.15, -0.1) is 0 Å². The fourth-order valence-electron chi connectivity index (χ4n) is 2.03. The summed E-state index contributed by atoms with van der Waals surface area (Å²) in [5, 5.41) is 10.3. The van der Waals surface area contributed by atoms with Crippen LogP contribution in [0.2, 0.25) is 0 Å². The predicted molar refractivity (Wildman–Crippen MR) is 56.5 cm³/mol. The van der Waals surface area contributed by atoms with Gasteiger partial charge in [-0.3, -0.25) is 0 Å². The van der Waals surface area contributed by atoms with Crippen molar-refractivity contribution in [3.05, 3.63) is 34.3 Å². The van der Waals surface area contributed by atoms with Crippen LogP contribution in [0.3, 0.4) is 0 Å². The normalized spacial score (nSPS) is 20.5. The van der Waals surface area contributed by atoms with Gasteiger partial charge in [0.25, 0.3) is 0 Å². The third kappa shape index (κ3) is 1.79. The van der Waals surface area contributed by atoms with Crippen molar-refractivity contribution < 1.29 is 5.11 Å². The second-order valence-corrected chi connectivity index (χ2v) is 4.66. The van der Waals surface area contributed by atoms with Gasteiger partial charge in [0.15, 0.2) is 0 Å². The number of hydrogen-bond acceptors (Lipinski definition) is 1.